The minimum Gasteiger partial charge on any atom is -0.490 e. The van der Waals surface area contributed by atoms with Gasteiger partial charge in [-0.1, -0.05) is 41.9 Å². The molecule has 208 valence electrons. The summed E-state index contributed by atoms with van der Waals surface area (Å²) < 4.78 is 17.2. The number of nitro groups is 1. The van der Waals surface area contributed by atoms with E-state index in [1.54, 1.807) is 53.6 Å². The van der Waals surface area contributed by atoms with Crippen molar-refractivity contribution in [3.8, 4) is 11.5 Å². The lowest BCUT2D eigenvalue weighted by Gasteiger charge is -2.15. The number of ether oxygens (including phenoxy) is 2. The molecule has 0 N–H and O–H groups in total. The van der Waals surface area contributed by atoms with Gasteiger partial charge in [-0.25, -0.2) is 4.99 Å². The van der Waals surface area contributed by atoms with E-state index in [9.17, 15) is 14.9 Å². The van der Waals surface area contributed by atoms with Crippen LogP contribution in [0.4, 0.5) is 11.4 Å². The Morgan fingerprint density at radius 3 is 2.63 bits per heavy atom. The second-order valence-electron chi connectivity index (χ2n) is 8.79. The van der Waals surface area contributed by atoms with Crippen molar-refractivity contribution in [2.75, 3.05) is 6.61 Å². The summed E-state index contributed by atoms with van der Waals surface area (Å²) in [6, 6.07) is 22.6. The first-order valence-corrected chi connectivity index (χ1v) is 13.8. The van der Waals surface area contributed by atoms with E-state index in [4.69, 9.17) is 30.5 Å². The summed E-state index contributed by atoms with van der Waals surface area (Å²) in [5.74, 6) is 1.10. The number of thioether (sulfide) groups is 1. The van der Waals surface area contributed by atoms with Crippen LogP contribution in [0, 0.1) is 10.1 Å². The third-order valence-corrected chi connectivity index (χ3v) is 7.18. The Kier molecular flexibility index (Phi) is 8.71. The van der Waals surface area contributed by atoms with Gasteiger partial charge in [0.1, 0.15) is 12.4 Å². The van der Waals surface area contributed by atoms with Gasteiger partial charge in [-0.3, -0.25) is 19.8 Å². The summed E-state index contributed by atoms with van der Waals surface area (Å²) in [7, 11) is 0. The maximum atomic E-state index is 13.5. The number of carbonyl (C=O) groups is 1. The Balaban J connectivity index is 1.43. The van der Waals surface area contributed by atoms with Crippen molar-refractivity contribution >= 4 is 51.9 Å². The average molecular weight is 590 g/mol. The van der Waals surface area contributed by atoms with Gasteiger partial charge in [0, 0.05) is 12.1 Å². The number of carbonyl (C=O) groups excluding carboxylic acids is 1. The molecule has 0 aliphatic carbocycles. The molecule has 2 heterocycles. The normalized spacial score (nSPS) is 15.1. The summed E-state index contributed by atoms with van der Waals surface area (Å²) in [6.07, 6.45) is 3.29. The number of amides is 1. The van der Waals surface area contributed by atoms with E-state index < -0.39 is 4.92 Å². The molecular formula is C30H24ClN3O6S. The summed E-state index contributed by atoms with van der Waals surface area (Å²) in [6.45, 7) is 2.47. The fraction of sp³-hybridized carbons (Fsp3) is 0.133. The number of nitrogens with zero attached hydrogens (tertiary/aromatic N) is 3. The number of benzene rings is 3. The highest BCUT2D eigenvalue weighted by Crippen LogP contribution is 2.40. The van der Waals surface area contributed by atoms with Crippen molar-refractivity contribution in [1.29, 1.82) is 0 Å². The molecular weight excluding hydrogens is 566 g/mol. The molecule has 1 saturated heterocycles. The monoisotopic (exact) mass is 589 g/mol. The molecule has 0 spiro atoms. The molecule has 11 heteroatoms. The van der Waals surface area contributed by atoms with Crippen LogP contribution in [0.2, 0.25) is 5.02 Å². The molecule has 0 bridgehead atoms. The molecule has 1 amide bonds. The van der Waals surface area contributed by atoms with Crippen LogP contribution in [0.15, 0.2) is 99.4 Å². The minimum absolute atomic E-state index is 0.0285. The zero-order valence-electron chi connectivity index (χ0n) is 21.9. The van der Waals surface area contributed by atoms with Gasteiger partial charge in [-0.15, -0.1) is 0 Å². The van der Waals surface area contributed by atoms with E-state index in [0.29, 0.717) is 45.1 Å². The van der Waals surface area contributed by atoms with Crippen LogP contribution in [-0.2, 0) is 17.9 Å². The molecule has 0 radical (unpaired) electrons. The molecule has 4 aromatic rings. The fourth-order valence-corrected chi connectivity index (χ4v) is 5.31. The van der Waals surface area contributed by atoms with Crippen molar-refractivity contribution in [3.63, 3.8) is 0 Å². The Morgan fingerprint density at radius 2 is 1.90 bits per heavy atom. The van der Waals surface area contributed by atoms with Gasteiger partial charge in [-0.05, 0) is 72.3 Å². The largest absolute Gasteiger partial charge is 0.490 e. The van der Waals surface area contributed by atoms with Gasteiger partial charge in [0.25, 0.3) is 11.6 Å². The molecule has 1 aromatic heterocycles. The number of nitro benzene ring substituents is 1. The van der Waals surface area contributed by atoms with E-state index in [1.807, 2.05) is 37.3 Å². The molecule has 0 atom stereocenters. The predicted molar refractivity (Wildman–Crippen MR) is 158 cm³/mol. The maximum Gasteiger partial charge on any atom is 0.269 e. The Bertz CT molecular complexity index is 1620. The number of halogens is 1. The van der Waals surface area contributed by atoms with Crippen LogP contribution >= 0.6 is 23.4 Å². The van der Waals surface area contributed by atoms with Crippen molar-refractivity contribution in [2.45, 2.75) is 20.1 Å². The lowest BCUT2D eigenvalue weighted by molar-refractivity contribution is -0.384. The van der Waals surface area contributed by atoms with Gasteiger partial charge in [-0.2, -0.15) is 0 Å². The van der Waals surface area contributed by atoms with E-state index in [-0.39, 0.29) is 29.8 Å². The Labute approximate surface area is 245 Å². The average Bonchev–Trinajstić information content (AvgIpc) is 3.58. The van der Waals surface area contributed by atoms with Crippen molar-refractivity contribution in [3.05, 3.63) is 122 Å². The molecule has 1 fully saturated rings. The summed E-state index contributed by atoms with van der Waals surface area (Å²) in [5, 5.41) is 11.9. The predicted octanol–water partition coefficient (Wildman–Crippen LogP) is 7.62. The van der Waals surface area contributed by atoms with Gasteiger partial charge in [0.05, 0.1) is 40.0 Å². The smallest absolute Gasteiger partial charge is 0.269 e. The van der Waals surface area contributed by atoms with Crippen molar-refractivity contribution in [2.24, 2.45) is 4.99 Å². The van der Waals surface area contributed by atoms with E-state index in [2.05, 4.69) is 0 Å². The maximum absolute atomic E-state index is 13.5. The first kappa shape index (κ1) is 28.0. The SMILES string of the molecule is CCOc1cc(/C=C2\SC(=Nc3ccccc3)N(Cc3ccco3)C2=O)cc(Cl)c1OCc1cccc([N+](=O)[O-])c1. The fourth-order valence-electron chi connectivity index (χ4n) is 4.04. The van der Waals surface area contributed by atoms with Crippen LogP contribution in [0.5, 0.6) is 11.5 Å². The number of hydrogen-bond donors (Lipinski definition) is 0. The molecule has 1 aliphatic rings. The third kappa shape index (κ3) is 6.79. The highest BCUT2D eigenvalue weighted by molar-refractivity contribution is 8.18. The van der Waals surface area contributed by atoms with Crippen LogP contribution in [0.3, 0.4) is 0 Å². The third-order valence-electron chi connectivity index (χ3n) is 5.90. The number of furan rings is 1. The number of aliphatic imine (C=N–C) groups is 1. The standard InChI is InChI=1S/C30H24ClN3O6S/c1-2-38-26-16-21(15-25(31)28(26)40-19-20-8-6-11-23(14-20)34(36)37)17-27-29(35)33(18-24-12-7-13-39-24)30(41-27)32-22-9-4-3-5-10-22/h3-17H,2,18-19H2,1H3/b27-17-,32-30?. The van der Waals surface area contributed by atoms with Gasteiger partial charge < -0.3 is 13.9 Å². The second kappa shape index (κ2) is 12.8. The number of amidine groups is 1. The van der Waals surface area contributed by atoms with Crippen LogP contribution < -0.4 is 9.47 Å². The molecule has 9 nitrogen and oxygen atoms in total. The Hall–Kier alpha value is -4.54. The summed E-state index contributed by atoms with van der Waals surface area (Å²) in [4.78, 5) is 30.9. The number of rotatable bonds is 10. The number of para-hydroxylation sites is 1. The van der Waals surface area contributed by atoms with Crippen LogP contribution in [-0.4, -0.2) is 27.5 Å². The van der Waals surface area contributed by atoms with Crippen LogP contribution in [0.25, 0.3) is 6.08 Å². The van der Waals surface area contributed by atoms with Gasteiger partial charge >= 0.3 is 0 Å². The lowest BCUT2D eigenvalue weighted by atomic mass is 10.1. The zero-order valence-corrected chi connectivity index (χ0v) is 23.4. The quantitative estimate of drug-likeness (QED) is 0.106. The second-order valence-corrected chi connectivity index (χ2v) is 10.2. The molecule has 3 aromatic carbocycles. The molecule has 0 unspecified atom stereocenters. The Morgan fingerprint density at radius 1 is 1.07 bits per heavy atom. The van der Waals surface area contributed by atoms with Gasteiger partial charge in [0.15, 0.2) is 16.7 Å². The first-order chi connectivity index (χ1) is 19.9. The lowest BCUT2D eigenvalue weighted by Crippen LogP contribution is -2.28. The summed E-state index contributed by atoms with van der Waals surface area (Å²) >= 11 is 7.87. The zero-order chi connectivity index (χ0) is 28.8. The van der Waals surface area contributed by atoms with E-state index >= 15 is 0 Å². The number of non-ortho nitro benzene ring substituents is 1. The van der Waals surface area contributed by atoms with E-state index in [0.717, 1.165) is 5.69 Å². The minimum atomic E-state index is -0.460. The summed E-state index contributed by atoms with van der Waals surface area (Å²) in [5.41, 5.74) is 1.94. The highest BCUT2D eigenvalue weighted by atomic mass is 35.5. The number of hydrogen-bond acceptors (Lipinski definition) is 8. The molecule has 5 rings (SSSR count). The van der Waals surface area contributed by atoms with Gasteiger partial charge in [0.2, 0.25) is 0 Å². The highest BCUT2D eigenvalue weighted by Gasteiger charge is 2.34. The van der Waals surface area contributed by atoms with E-state index in [1.165, 1.54) is 23.9 Å². The molecule has 1 aliphatic heterocycles. The van der Waals surface area contributed by atoms with Crippen LogP contribution in [0.1, 0.15) is 23.8 Å². The first-order valence-electron chi connectivity index (χ1n) is 12.6. The molecule has 41 heavy (non-hydrogen) atoms. The van der Waals surface area contributed by atoms with Crippen molar-refractivity contribution < 1.29 is 23.6 Å². The molecule has 0 saturated carbocycles. The van der Waals surface area contributed by atoms with Crippen molar-refractivity contribution in [1.82, 2.24) is 4.90 Å². The topological polar surface area (TPSA) is 107 Å².